The standard InChI is InChI=1S/C17H18ClFN6O/c1-12(5-8-24-7-2-6-20-24)21-17(26)16-11-25(23-22-16)10-13-3-4-14(19)9-15(13)18/h2-4,6-7,9,11-12H,5,8,10H2,1H3,(H,21,26). The quantitative estimate of drug-likeness (QED) is 0.687. The highest BCUT2D eigenvalue weighted by Crippen LogP contribution is 2.18. The molecule has 0 radical (unpaired) electrons. The molecule has 2 aromatic heterocycles. The predicted molar refractivity (Wildman–Crippen MR) is 94.3 cm³/mol. The van der Waals surface area contributed by atoms with Gasteiger partial charge in [0.2, 0.25) is 0 Å². The highest BCUT2D eigenvalue weighted by Gasteiger charge is 2.14. The van der Waals surface area contributed by atoms with Crippen LogP contribution in [0.15, 0.2) is 42.9 Å². The Bertz CT molecular complexity index is 879. The Morgan fingerprint density at radius 3 is 2.96 bits per heavy atom. The van der Waals surface area contributed by atoms with Crippen molar-refractivity contribution in [1.82, 2.24) is 30.1 Å². The number of carbonyl (C=O) groups excluding carboxylic acids is 1. The van der Waals surface area contributed by atoms with E-state index in [9.17, 15) is 9.18 Å². The minimum Gasteiger partial charge on any atom is -0.348 e. The van der Waals surface area contributed by atoms with Gasteiger partial charge in [-0.3, -0.25) is 9.48 Å². The molecule has 7 nitrogen and oxygen atoms in total. The molecular weight excluding hydrogens is 359 g/mol. The molecule has 1 amide bonds. The molecule has 0 aliphatic heterocycles. The van der Waals surface area contributed by atoms with Crippen molar-refractivity contribution in [2.75, 3.05) is 0 Å². The number of amides is 1. The molecule has 3 aromatic rings. The second-order valence-electron chi connectivity index (χ2n) is 5.97. The minimum atomic E-state index is -0.401. The zero-order chi connectivity index (χ0) is 18.5. The van der Waals surface area contributed by atoms with E-state index in [1.807, 2.05) is 23.9 Å². The number of rotatable bonds is 7. The van der Waals surface area contributed by atoms with Gasteiger partial charge in [0, 0.05) is 30.0 Å². The van der Waals surface area contributed by atoms with Gasteiger partial charge < -0.3 is 5.32 Å². The zero-order valence-electron chi connectivity index (χ0n) is 14.1. The summed E-state index contributed by atoms with van der Waals surface area (Å²) >= 11 is 6.01. The van der Waals surface area contributed by atoms with E-state index in [-0.39, 0.29) is 17.6 Å². The number of aromatic nitrogens is 5. The first kappa shape index (κ1) is 18.1. The number of nitrogens with zero attached hydrogens (tertiary/aromatic N) is 5. The number of hydrogen-bond donors (Lipinski definition) is 1. The molecule has 0 spiro atoms. The summed E-state index contributed by atoms with van der Waals surface area (Å²) < 4.78 is 16.4. The molecule has 3 rings (SSSR count). The monoisotopic (exact) mass is 376 g/mol. The van der Waals surface area contributed by atoms with E-state index in [0.717, 1.165) is 6.42 Å². The summed E-state index contributed by atoms with van der Waals surface area (Å²) in [7, 11) is 0. The molecule has 0 aliphatic carbocycles. The van der Waals surface area contributed by atoms with Crippen LogP contribution in [0.2, 0.25) is 5.02 Å². The highest BCUT2D eigenvalue weighted by molar-refractivity contribution is 6.31. The van der Waals surface area contributed by atoms with E-state index in [0.29, 0.717) is 23.7 Å². The van der Waals surface area contributed by atoms with Gasteiger partial charge in [0.1, 0.15) is 5.82 Å². The summed E-state index contributed by atoms with van der Waals surface area (Å²) in [4.78, 5) is 12.3. The summed E-state index contributed by atoms with van der Waals surface area (Å²) in [5.41, 5.74) is 0.909. The lowest BCUT2D eigenvalue weighted by atomic mass is 10.2. The van der Waals surface area contributed by atoms with Gasteiger partial charge in [0.05, 0.1) is 12.7 Å². The number of carbonyl (C=O) groups is 1. The van der Waals surface area contributed by atoms with Crippen LogP contribution in [-0.4, -0.2) is 36.7 Å². The van der Waals surface area contributed by atoms with Crippen LogP contribution in [0.4, 0.5) is 4.39 Å². The van der Waals surface area contributed by atoms with E-state index in [1.54, 1.807) is 12.3 Å². The normalized spacial score (nSPS) is 12.1. The fourth-order valence-corrected chi connectivity index (χ4v) is 2.66. The summed E-state index contributed by atoms with van der Waals surface area (Å²) in [6, 6.07) is 5.96. The van der Waals surface area contributed by atoms with Crippen LogP contribution in [0.3, 0.4) is 0 Å². The van der Waals surface area contributed by atoms with Crippen molar-refractivity contribution in [2.45, 2.75) is 32.5 Å². The lowest BCUT2D eigenvalue weighted by Crippen LogP contribution is -2.33. The van der Waals surface area contributed by atoms with Crippen molar-refractivity contribution >= 4 is 17.5 Å². The van der Waals surface area contributed by atoms with Crippen LogP contribution >= 0.6 is 11.6 Å². The smallest absolute Gasteiger partial charge is 0.273 e. The van der Waals surface area contributed by atoms with Gasteiger partial charge in [-0.05, 0) is 37.1 Å². The minimum absolute atomic E-state index is 0.0385. The number of benzene rings is 1. The Kier molecular flexibility index (Phi) is 5.62. The number of aryl methyl sites for hydroxylation is 1. The molecule has 9 heteroatoms. The molecule has 1 aromatic carbocycles. The fourth-order valence-electron chi connectivity index (χ4n) is 2.43. The Morgan fingerprint density at radius 1 is 1.38 bits per heavy atom. The van der Waals surface area contributed by atoms with Gasteiger partial charge in [-0.25, -0.2) is 9.07 Å². The van der Waals surface area contributed by atoms with Crippen molar-refractivity contribution in [2.24, 2.45) is 0 Å². The second-order valence-corrected chi connectivity index (χ2v) is 6.38. The average Bonchev–Trinajstić information content (AvgIpc) is 3.27. The maximum atomic E-state index is 13.1. The molecule has 1 atom stereocenters. The summed E-state index contributed by atoms with van der Waals surface area (Å²) in [5.74, 6) is -0.698. The summed E-state index contributed by atoms with van der Waals surface area (Å²) in [6.07, 6.45) is 5.87. The molecule has 0 saturated heterocycles. The summed E-state index contributed by atoms with van der Waals surface area (Å²) in [6.45, 7) is 2.93. The Hall–Kier alpha value is -2.74. The summed E-state index contributed by atoms with van der Waals surface area (Å²) in [5, 5.41) is 15.1. The first-order valence-electron chi connectivity index (χ1n) is 8.13. The van der Waals surface area contributed by atoms with Crippen LogP contribution in [0, 0.1) is 5.82 Å². The molecule has 26 heavy (non-hydrogen) atoms. The zero-order valence-corrected chi connectivity index (χ0v) is 14.9. The highest BCUT2D eigenvalue weighted by atomic mass is 35.5. The largest absolute Gasteiger partial charge is 0.348 e. The lowest BCUT2D eigenvalue weighted by molar-refractivity contribution is 0.0932. The Balaban J connectivity index is 1.55. The van der Waals surface area contributed by atoms with Gasteiger partial charge in [-0.15, -0.1) is 5.10 Å². The molecule has 2 heterocycles. The van der Waals surface area contributed by atoms with Gasteiger partial charge in [0.15, 0.2) is 5.69 Å². The van der Waals surface area contributed by atoms with Crippen LogP contribution in [0.5, 0.6) is 0 Å². The topological polar surface area (TPSA) is 77.6 Å². The van der Waals surface area contributed by atoms with Gasteiger partial charge >= 0.3 is 0 Å². The second kappa shape index (κ2) is 8.09. The predicted octanol–water partition coefficient (Wildman–Crippen LogP) is 2.52. The number of hydrogen-bond acceptors (Lipinski definition) is 4. The number of halogens is 2. The van der Waals surface area contributed by atoms with Crippen molar-refractivity contribution in [3.8, 4) is 0 Å². The van der Waals surface area contributed by atoms with E-state index in [4.69, 9.17) is 11.6 Å². The van der Waals surface area contributed by atoms with E-state index in [1.165, 1.54) is 23.0 Å². The molecule has 1 unspecified atom stereocenters. The maximum absolute atomic E-state index is 13.1. The van der Waals surface area contributed by atoms with E-state index >= 15 is 0 Å². The van der Waals surface area contributed by atoms with Crippen LogP contribution < -0.4 is 5.32 Å². The lowest BCUT2D eigenvalue weighted by Gasteiger charge is -2.12. The molecule has 0 fully saturated rings. The van der Waals surface area contributed by atoms with Crippen LogP contribution in [0.1, 0.15) is 29.4 Å². The number of nitrogens with one attached hydrogen (secondary N) is 1. The van der Waals surface area contributed by atoms with Crippen LogP contribution in [-0.2, 0) is 13.1 Å². The third kappa shape index (κ3) is 4.66. The van der Waals surface area contributed by atoms with Crippen molar-refractivity contribution < 1.29 is 9.18 Å². The van der Waals surface area contributed by atoms with E-state index in [2.05, 4.69) is 20.7 Å². The Labute approximate surface area is 154 Å². The Morgan fingerprint density at radius 2 is 2.23 bits per heavy atom. The first-order valence-corrected chi connectivity index (χ1v) is 8.51. The SMILES string of the molecule is CC(CCn1cccn1)NC(=O)c1cn(Cc2ccc(F)cc2Cl)nn1. The molecule has 1 N–H and O–H groups in total. The molecule has 0 saturated carbocycles. The molecule has 0 bridgehead atoms. The van der Waals surface area contributed by atoms with Crippen molar-refractivity contribution in [1.29, 1.82) is 0 Å². The van der Waals surface area contributed by atoms with Gasteiger partial charge in [-0.2, -0.15) is 5.10 Å². The fraction of sp³-hybridized carbons (Fsp3) is 0.294. The molecule has 136 valence electrons. The van der Waals surface area contributed by atoms with Gasteiger partial charge in [-0.1, -0.05) is 22.9 Å². The molecule has 0 aliphatic rings. The van der Waals surface area contributed by atoms with Crippen molar-refractivity contribution in [3.63, 3.8) is 0 Å². The van der Waals surface area contributed by atoms with Gasteiger partial charge in [0.25, 0.3) is 5.91 Å². The maximum Gasteiger partial charge on any atom is 0.273 e. The third-order valence-electron chi connectivity index (χ3n) is 3.85. The molecular formula is C17H18ClFN6O. The van der Waals surface area contributed by atoms with Crippen LogP contribution in [0.25, 0.3) is 0 Å². The first-order chi connectivity index (χ1) is 12.5. The van der Waals surface area contributed by atoms with E-state index < -0.39 is 5.82 Å². The average molecular weight is 377 g/mol. The third-order valence-corrected chi connectivity index (χ3v) is 4.20. The van der Waals surface area contributed by atoms with Crippen molar-refractivity contribution in [3.05, 3.63) is 65.0 Å².